The quantitative estimate of drug-likeness (QED) is 0.284. The van der Waals surface area contributed by atoms with Crippen molar-refractivity contribution in [2.45, 2.75) is 0 Å². The minimum Gasteiger partial charge on any atom is -0.368 e. The first kappa shape index (κ1) is 10.4. The molecular weight excluding hydrogens is 226 g/mol. The molecular formula is C9H9N5OS. The van der Waals surface area contributed by atoms with E-state index >= 15 is 0 Å². The molecule has 0 aliphatic rings. The maximum Gasteiger partial charge on any atom is 0.258 e. The van der Waals surface area contributed by atoms with E-state index in [4.69, 9.17) is 11.6 Å². The smallest absolute Gasteiger partial charge is 0.258 e. The lowest BCUT2D eigenvalue weighted by molar-refractivity contribution is 0.0976. The highest BCUT2D eigenvalue weighted by Crippen LogP contribution is 2.18. The molecule has 0 saturated heterocycles. The number of rotatable bonds is 1. The van der Waals surface area contributed by atoms with E-state index in [-0.39, 0.29) is 11.9 Å². The van der Waals surface area contributed by atoms with Crippen molar-refractivity contribution in [3.8, 4) is 0 Å². The van der Waals surface area contributed by atoms with Gasteiger partial charge in [-0.1, -0.05) is 0 Å². The van der Waals surface area contributed by atoms with E-state index in [9.17, 15) is 4.79 Å². The van der Waals surface area contributed by atoms with E-state index in [0.29, 0.717) is 5.56 Å². The fourth-order valence-electron chi connectivity index (χ4n) is 1.22. The number of nitrogens with two attached hydrogens (primary N) is 2. The molecule has 0 atom stereocenters. The SMILES string of the molecule is NN=C(N)NC(=O)c1ccc2ncsc2c1. The highest BCUT2D eigenvalue weighted by molar-refractivity contribution is 7.16. The molecule has 0 aliphatic carbocycles. The van der Waals surface area contributed by atoms with Crippen molar-refractivity contribution < 1.29 is 4.79 Å². The van der Waals surface area contributed by atoms with Gasteiger partial charge in [0.15, 0.2) is 0 Å². The molecule has 2 aromatic rings. The minimum atomic E-state index is -0.345. The van der Waals surface area contributed by atoms with Crippen LogP contribution in [0.1, 0.15) is 10.4 Å². The molecule has 0 spiro atoms. The molecule has 1 aromatic carbocycles. The van der Waals surface area contributed by atoms with Gasteiger partial charge in [-0.25, -0.2) is 4.98 Å². The van der Waals surface area contributed by atoms with Gasteiger partial charge >= 0.3 is 0 Å². The molecule has 0 saturated carbocycles. The fraction of sp³-hybridized carbons (Fsp3) is 0. The maximum atomic E-state index is 11.6. The van der Waals surface area contributed by atoms with Gasteiger partial charge in [0.05, 0.1) is 15.7 Å². The Morgan fingerprint density at radius 1 is 1.50 bits per heavy atom. The van der Waals surface area contributed by atoms with Crippen molar-refractivity contribution >= 4 is 33.4 Å². The number of amides is 1. The number of benzene rings is 1. The number of fused-ring (bicyclic) bond motifs is 1. The van der Waals surface area contributed by atoms with Crippen LogP contribution in [-0.4, -0.2) is 16.9 Å². The Labute approximate surface area is 95.0 Å². The first-order valence-electron chi connectivity index (χ1n) is 4.38. The van der Waals surface area contributed by atoms with Crippen molar-refractivity contribution in [1.29, 1.82) is 0 Å². The highest BCUT2D eigenvalue weighted by atomic mass is 32.1. The number of nitrogens with zero attached hydrogens (tertiary/aromatic N) is 2. The molecule has 0 bridgehead atoms. The predicted octanol–water partition coefficient (Wildman–Crippen LogP) is 0.215. The van der Waals surface area contributed by atoms with Crippen LogP contribution in [0.15, 0.2) is 28.8 Å². The highest BCUT2D eigenvalue weighted by Gasteiger charge is 2.08. The summed E-state index contributed by atoms with van der Waals surface area (Å²) in [4.78, 5) is 15.8. The molecule has 0 aliphatic heterocycles. The van der Waals surface area contributed by atoms with Crippen LogP contribution in [-0.2, 0) is 0 Å². The molecule has 1 amide bonds. The number of hydrogen-bond acceptors (Lipinski definition) is 5. The van der Waals surface area contributed by atoms with Gasteiger partial charge in [-0.05, 0) is 18.2 Å². The molecule has 0 unspecified atom stereocenters. The summed E-state index contributed by atoms with van der Waals surface area (Å²) in [5.74, 6) is 4.45. The normalized spacial score (nSPS) is 11.6. The van der Waals surface area contributed by atoms with Crippen molar-refractivity contribution in [2.75, 3.05) is 0 Å². The van der Waals surface area contributed by atoms with E-state index in [1.165, 1.54) is 11.3 Å². The van der Waals surface area contributed by atoms with Gasteiger partial charge < -0.3 is 11.6 Å². The first-order chi connectivity index (χ1) is 7.70. The Balaban J connectivity index is 2.29. The molecule has 7 heteroatoms. The Morgan fingerprint density at radius 2 is 2.31 bits per heavy atom. The number of nitrogens with one attached hydrogen (secondary N) is 1. The van der Waals surface area contributed by atoms with Gasteiger partial charge in [0, 0.05) is 5.56 Å². The zero-order valence-corrected chi connectivity index (χ0v) is 8.99. The molecule has 1 aromatic heterocycles. The van der Waals surface area contributed by atoms with Crippen LogP contribution in [0.3, 0.4) is 0 Å². The van der Waals surface area contributed by atoms with Crippen molar-refractivity contribution in [3.05, 3.63) is 29.3 Å². The van der Waals surface area contributed by atoms with Crippen LogP contribution in [0.25, 0.3) is 10.2 Å². The summed E-state index contributed by atoms with van der Waals surface area (Å²) in [7, 11) is 0. The van der Waals surface area contributed by atoms with E-state index in [1.807, 2.05) is 0 Å². The van der Waals surface area contributed by atoms with Crippen LogP contribution in [0, 0.1) is 0 Å². The summed E-state index contributed by atoms with van der Waals surface area (Å²) >= 11 is 1.47. The summed E-state index contributed by atoms with van der Waals surface area (Å²) in [6.07, 6.45) is 0. The van der Waals surface area contributed by atoms with Crippen LogP contribution in [0.4, 0.5) is 0 Å². The second-order valence-corrected chi connectivity index (χ2v) is 3.89. The van der Waals surface area contributed by atoms with Gasteiger partial charge in [0.1, 0.15) is 0 Å². The fourth-order valence-corrected chi connectivity index (χ4v) is 1.93. The number of aromatic nitrogens is 1. The summed E-state index contributed by atoms with van der Waals surface area (Å²) in [6.45, 7) is 0. The average molecular weight is 235 g/mol. The Hall–Kier alpha value is -2.15. The van der Waals surface area contributed by atoms with Crippen LogP contribution < -0.4 is 16.9 Å². The van der Waals surface area contributed by atoms with Crippen molar-refractivity contribution in [3.63, 3.8) is 0 Å². The predicted molar refractivity (Wildman–Crippen MR) is 62.9 cm³/mol. The second kappa shape index (κ2) is 4.15. The first-order valence-corrected chi connectivity index (χ1v) is 5.26. The lowest BCUT2D eigenvalue weighted by Crippen LogP contribution is -2.37. The average Bonchev–Trinajstić information content (AvgIpc) is 2.75. The maximum absolute atomic E-state index is 11.6. The molecule has 6 nitrogen and oxygen atoms in total. The number of thiazole rings is 1. The van der Waals surface area contributed by atoms with E-state index in [1.54, 1.807) is 23.7 Å². The van der Waals surface area contributed by atoms with Gasteiger partial charge in [0.25, 0.3) is 5.91 Å². The number of carbonyl (C=O) groups excluding carboxylic acids is 1. The van der Waals surface area contributed by atoms with E-state index in [2.05, 4.69) is 15.4 Å². The zero-order valence-electron chi connectivity index (χ0n) is 8.18. The van der Waals surface area contributed by atoms with Crippen molar-refractivity contribution in [1.82, 2.24) is 10.3 Å². The Morgan fingerprint density at radius 3 is 3.06 bits per heavy atom. The number of carbonyl (C=O) groups is 1. The number of hydrogen-bond donors (Lipinski definition) is 3. The standard InChI is InChI=1S/C9H9N5OS/c10-9(14-11)13-8(15)5-1-2-6-7(3-5)16-4-12-6/h1-4H,11H2,(H3,10,13,14,15). The van der Waals surface area contributed by atoms with Crippen LogP contribution in [0.5, 0.6) is 0 Å². The second-order valence-electron chi connectivity index (χ2n) is 3.00. The third-order valence-electron chi connectivity index (χ3n) is 1.97. The third-order valence-corrected chi connectivity index (χ3v) is 2.77. The van der Waals surface area contributed by atoms with Crippen LogP contribution >= 0.6 is 11.3 Å². The monoisotopic (exact) mass is 235 g/mol. The third kappa shape index (κ3) is 1.94. The Kier molecular flexibility index (Phi) is 2.69. The zero-order chi connectivity index (χ0) is 11.5. The van der Waals surface area contributed by atoms with Crippen molar-refractivity contribution in [2.24, 2.45) is 16.7 Å². The summed E-state index contributed by atoms with van der Waals surface area (Å²) in [5, 5.41) is 5.51. The lowest BCUT2D eigenvalue weighted by Gasteiger charge is -2.02. The van der Waals surface area contributed by atoms with Gasteiger partial charge in [-0.15, -0.1) is 16.4 Å². The molecule has 1 heterocycles. The molecule has 16 heavy (non-hydrogen) atoms. The van der Waals surface area contributed by atoms with Gasteiger partial charge in [0.2, 0.25) is 5.96 Å². The molecule has 5 N–H and O–H groups in total. The Bertz CT molecular complexity index is 562. The van der Waals surface area contributed by atoms with E-state index in [0.717, 1.165) is 10.2 Å². The molecule has 82 valence electrons. The number of hydrazone groups is 1. The molecule has 0 fully saturated rings. The molecule has 2 rings (SSSR count). The summed E-state index contributed by atoms with van der Waals surface area (Å²) in [6, 6.07) is 5.18. The summed E-state index contributed by atoms with van der Waals surface area (Å²) < 4.78 is 0.941. The largest absolute Gasteiger partial charge is 0.368 e. The molecule has 0 radical (unpaired) electrons. The topological polar surface area (TPSA) is 106 Å². The van der Waals surface area contributed by atoms with Gasteiger partial charge in [-0.3, -0.25) is 10.1 Å². The number of guanidine groups is 1. The minimum absolute atomic E-state index is 0.116. The lowest BCUT2D eigenvalue weighted by atomic mass is 10.2. The summed E-state index contributed by atoms with van der Waals surface area (Å²) in [5.41, 5.74) is 8.36. The van der Waals surface area contributed by atoms with E-state index < -0.39 is 0 Å². The van der Waals surface area contributed by atoms with Crippen LogP contribution in [0.2, 0.25) is 0 Å². The van der Waals surface area contributed by atoms with Gasteiger partial charge in [-0.2, -0.15) is 0 Å².